The van der Waals surface area contributed by atoms with Crippen molar-refractivity contribution in [2.24, 2.45) is 0 Å². The molecule has 0 aliphatic carbocycles. The molecule has 1 nitrogen and oxygen atoms in total. The first-order valence-electron chi connectivity index (χ1n) is 5.71. The summed E-state index contributed by atoms with van der Waals surface area (Å²) in [6.45, 7) is 4.08. The maximum atomic E-state index is 13.6. The Balaban J connectivity index is 2.07. The van der Waals surface area contributed by atoms with Crippen LogP contribution in [0.25, 0.3) is 0 Å². The lowest BCUT2D eigenvalue weighted by Crippen LogP contribution is -2.22. The summed E-state index contributed by atoms with van der Waals surface area (Å²) < 4.78 is 13.6. The molecule has 0 spiro atoms. The van der Waals surface area contributed by atoms with E-state index < -0.39 is 0 Å². The van der Waals surface area contributed by atoms with E-state index in [1.165, 1.54) is 11.6 Å². The molecule has 2 aromatic rings. The van der Waals surface area contributed by atoms with Crippen LogP contribution in [0, 0.1) is 5.82 Å². The summed E-state index contributed by atoms with van der Waals surface area (Å²) in [5, 5.41) is 7.58. The van der Waals surface area contributed by atoms with E-state index in [-0.39, 0.29) is 17.9 Å². The number of halogens is 1. The first-order valence-corrected chi connectivity index (χ1v) is 6.65. The van der Waals surface area contributed by atoms with Gasteiger partial charge in [-0.2, -0.15) is 11.3 Å². The molecule has 0 fully saturated rings. The van der Waals surface area contributed by atoms with Gasteiger partial charge < -0.3 is 5.32 Å². The fourth-order valence-corrected chi connectivity index (χ4v) is 2.66. The van der Waals surface area contributed by atoms with E-state index in [9.17, 15) is 4.39 Å². The monoisotopic (exact) mass is 249 g/mol. The molecular formula is C14H16FNS. The Hall–Kier alpha value is -1.19. The van der Waals surface area contributed by atoms with Crippen LogP contribution in [-0.2, 0) is 0 Å². The highest BCUT2D eigenvalue weighted by atomic mass is 32.1. The highest BCUT2D eigenvalue weighted by Gasteiger charge is 2.13. The zero-order valence-corrected chi connectivity index (χ0v) is 10.8. The zero-order valence-electron chi connectivity index (χ0n) is 9.98. The molecule has 2 unspecified atom stereocenters. The quantitative estimate of drug-likeness (QED) is 0.852. The molecule has 2 rings (SSSR count). The van der Waals surface area contributed by atoms with Crippen LogP contribution in [0.3, 0.4) is 0 Å². The summed E-state index contributed by atoms with van der Waals surface area (Å²) in [5.74, 6) is -0.148. The van der Waals surface area contributed by atoms with Crippen molar-refractivity contribution < 1.29 is 4.39 Å². The third-order valence-corrected chi connectivity index (χ3v) is 3.62. The fraction of sp³-hybridized carbons (Fsp3) is 0.286. The molecule has 1 aromatic carbocycles. The van der Waals surface area contributed by atoms with Crippen LogP contribution in [0.1, 0.15) is 37.1 Å². The molecule has 1 aromatic heterocycles. The molecule has 0 amide bonds. The maximum absolute atomic E-state index is 13.6. The minimum Gasteiger partial charge on any atom is -0.304 e. The van der Waals surface area contributed by atoms with Crippen LogP contribution in [0.15, 0.2) is 41.1 Å². The van der Waals surface area contributed by atoms with Gasteiger partial charge >= 0.3 is 0 Å². The zero-order chi connectivity index (χ0) is 12.3. The van der Waals surface area contributed by atoms with Crippen LogP contribution in [0.5, 0.6) is 0 Å². The second kappa shape index (κ2) is 5.43. The molecule has 0 saturated carbocycles. The van der Waals surface area contributed by atoms with E-state index in [0.717, 1.165) is 5.56 Å². The lowest BCUT2D eigenvalue weighted by atomic mass is 10.1. The molecule has 1 N–H and O–H groups in total. The molecule has 2 atom stereocenters. The predicted molar refractivity (Wildman–Crippen MR) is 70.7 cm³/mol. The van der Waals surface area contributed by atoms with Gasteiger partial charge in [-0.1, -0.05) is 18.2 Å². The van der Waals surface area contributed by atoms with Crippen molar-refractivity contribution in [3.8, 4) is 0 Å². The first-order chi connectivity index (χ1) is 8.18. The van der Waals surface area contributed by atoms with Crippen molar-refractivity contribution in [1.82, 2.24) is 5.32 Å². The van der Waals surface area contributed by atoms with Gasteiger partial charge in [0.15, 0.2) is 0 Å². The summed E-state index contributed by atoms with van der Waals surface area (Å²) >= 11 is 1.68. The van der Waals surface area contributed by atoms with Gasteiger partial charge in [-0.25, -0.2) is 4.39 Å². The van der Waals surface area contributed by atoms with Crippen LogP contribution in [0.2, 0.25) is 0 Å². The number of benzene rings is 1. The summed E-state index contributed by atoms with van der Waals surface area (Å²) in [4.78, 5) is 0. The van der Waals surface area contributed by atoms with Gasteiger partial charge in [-0.15, -0.1) is 0 Å². The first kappa shape index (κ1) is 12.3. The van der Waals surface area contributed by atoms with Crippen molar-refractivity contribution in [3.63, 3.8) is 0 Å². The largest absolute Gasteiger partial charge is 0.304 e. The van der Waals surface area contributed by atoms with E-state index in [4.69, 9.17) is 0 Å². The molecule has 0 aliphatic rings. The van der Waals surface area contributed by atoms with Gasteiger partial charge in [0.05, 0.1) is 0 Å². The molecule has 17 heavy (non-hydrogen) atoms. The number of hydrogen-bond donors (Lipinski definition) is 1. The molecule has 3 heteroatoms. The van der Waals surface area contributed by atoms with Crippen molar-refractivity contribution in [2.75, 3.05) is 0 Å². The topological polar surface area (TPSA) is 12.0 Å². The second-order valence-electron chi connectivity index (χ2n) is 4.19. The fourth-order valence-electron chi connectivity index (χ4n) is 1.91. The number of nitrogens with one attached hydrogen (secondary N) is 1. The second-order valence-corrected chi connectivity index (χ2v) is 4.97. The Morgan fingerprint density at radius 3 is 2.53 bits per heavy atom. The van der Waals surface area contributed by atoms with E-state index in [0.29, 0.717) is 0 Å². The average Bonchev–Trinajstić information content (AvgIpc) is 2.82. The summed E-state index contributed by atoms with van der Waals surface area (Å²) in [5.41, 5.74) is 1.97. The lowest BCUT2D eigenvalue weighted by molar-refractivity contribution is 0.474. The highest BCUT2D eigenvalue weighted by molar-refractivity contribution is 7.07. The van der Waals surface area contributed by atoms with Gasteiger partial charge in [-0.3, -0.25) is 0 Å². The Labute approximate surface area is 105 Å². The van der Waals surface area contributed by atoms with E-state index in [1.807, 2.05) is 19.1 Å². The minimum atomic E-state index is -0.148. The van der Waals surface area contributed by atoms with Gasteiger partial charge in [0.2, 0.25) is 0 Å². The van der Waals surface area contributed by atoms with Crippen LogP contribution in [0.4, 0.5) is 4.39 Å². The molecule has 0 radical (unpaired) electrons. The Bertz CT molecular complexity index is 467. The van der Waals surface area contributed by atoms with E-state index in [2.05, 4.69) is 29.1 Å². The van der Waals surface area contributed by atoms with Gasteiger partial charge in [-0.05, 0) is 42.3 Å². The summed E-state index contributed by atoms with van der Waals surface area (Å²) in [7, 11) is 0. The number of hydrogen-bond acceptors (Lipinski definition) is 2. The Morgan fingerprint density at radius 2 is 1.88 bits per heavy atom. The smallest absolute Gasteiger partial charge is 0.127 e. The standard InChI is InChI=1S/C14H16FNS/c1-10(12-7-8-17-9-12)16-11(2)13-5-3-4-6-14(13)15/h3-11,16H,1-2H3. The highest BCUT2D eigenvalue weighted by Crippen LogP contribution is 2.22. The van der Waals surface area contributed by atoms with E-state index >= 15 is 0 Å². The number of rotatable bonds is 4. The lowest BCUT2D eigenvalue weighted by Gasteiger charge is -2.20. The number of thiophene rings is 1. The average molecular weight is 249 g/mol. The van der Waals surface area contributed by atoms with Crippen LogP contribution < -0.4 is 5.32 Å². The van der Waals surface area contributed by atoms with Gasteiger partial charge in [0.1, 0.15) is 5.82 Å². The molecule has 0 saturated heterocycles. The maximum Gasteiger partial charge on any atom is 0.127 e. The SMILES string of the molecule is CC(NC(C)c1ccccc1F)c1ccsc1. The van der Waals surface area contributed by atoms with Crippen molar-refractivity contribution >= 4 is 11.3 Å². The Kier molecular flexibility index (Phi) is 3.92. The van der Waals surface area contributed by atoms with Crippen LogP contribution in [-0.4, -0.2) is 0 Å². The molecular weight excluding hydrogens is 233 g/mol. The third-order valence-electron chi connectivity index (χ3n) is 2.91. The normalized spacial score (nSPS) is 14.5. The molecule has 1 heterocycles. The van der Waals surface area contributed by atoms with Gasteiger partial charge in [0.25, 0.3) is 0 Å². The molecule has 90 valence electrons. The van der Waals surface area contributed by atoms with Crippen LogP contribution >= 0.6 is 11.3 Å². The van der Waals surface area contributed by atoms with Crippen molar-refractivity contribution in [2.45, 2.75) is 25.9 Å². The van der Waals surface area contributed by atoms with Gasteiger partial charge in [0, 0.05) is 17.6 Å². The predicted octanol–water partition coefficient (Wildman–Crippen LogP) is 4.30. The summed E-state index contributed by atoms with van der Waals surface area (Å²) in [6, 6.07) is 9.24. The summed E-state index contributed by atoms with van der Waals surface area (Å²) in [6.07, 6.45) is 0. The Morgan fingerprint density at radius 1 is 1.12 bits per heavy atom. The molecule has 0 bridgehead atoms. The third kappa shape index (κ3) is 2.93. The van der Waals surface area contributed by atoms with Crippen molar-refractivity contribution in [3.05, 3.63) is 58.0 Å². The van der Waals surface area contributed by atoms with Crippen molar-refractivity contribution in [1.29, 1.82) is 0 Å². The molecule has 0 aliphatic heterocycles. The minimum absolute atomic E-state index is 0.00565. The van der Waals surface area contributed by atoms with E-state index in [1.54, 1.807) is 17.4 Å².